The Hall–Kier alpha value is -4.40. The van der Waals surface area contributed by atoms with Gasteiger partial charge >= 0.3 is 5.82 Å². The number of aryl methyl sites for hydroxylation is 1. The van der Waals surface area contributed by atoms with Gasteiger partial charge in [-0.2, -0.15) is 0 Å². The van der Waals surface area contributed by atoms with Crippen LogP contribution in [0.25, 0.3) is 34.0 Å². The minimum atomic E-state index is 0.313. The molecule has 3 aromatic heterocycles. The van der Waals surface area contributed by atoms with Crippen LogP contribution in [0.15, 0.2) is 73.2 Å². The molecule has 0 aliphatic carbocycles. The Balaban J connectivity index is 1.43. The molecule has 0 atom stereocenters. The Labute approximate surface area is 196 Å². The van der Waals surface area contributed by atoms with Crippen molar-refractivity contribution in [1.82, 2.24) is 35.2 Å². The molecule has 0 fully saturated rings. The zero-order valence-corrected chi connectivity index (χ0v) is 18.8. The van der Waals surface area contributed by atoms with Crippen molar-refractivity contribution in [2.75, 3.05) is 0 Å². The summed E-state index contributed by atoms with van der Waals surface area (Å²) in [4.78, 5) is 8.96. The third kappa shape index (κ3) is 4.40. The molecule has 0 amide bonds. The molecule has 0 saturated carbocycles. The number of nitrogens with zero attached hydrogens (tertiary/aromatic N) is 7. The summed E-state index contributed by atoms with van der Waals surface area (Å²) in [7, 11) is 0. The predicted octanol–water partition coefficient (Wildman–Crippen LogP) is 3.82. The summed E-state index contributed by atoms with van der Waals surface area (Å²) < 4.78 is 2.87. The maximum Gasteiger partial charge on any atom is 0.353 e. The number of unbranched alkanes of at least 4 members (excludes halogenated alkanes) is 1. The summed E-state index contributed by atoms with van der Waals surface area (Å²) >= 11 is 0. The molecule has 9 nitrogen and oxygen atoms in total. The van der Waals surface area contributed by atoms with E-state index in [1.165, 1.54) is 6.20 Å². The fraction of sp³-hybridized carbons (Fsp3) is 0.200. The number of aromatic amines is 1. The van der Waals surface area contributed by atoms with Crippen LogP contribution in [0.4, 0.5) is 0 Å². The van der Waals surface area contributed by atoms with E-state index in [1.54, 1.807) is 12.3 Å². The third-order valence-corrected chi connectivity index (χ3v) is 5.70. The molecule has 0 spiro atoms. The van der Waals surface area contributed by atoms with Crippen LogP contribution in [0.5, 0.6) is 0 Å². The molecule has 0 radical (unpaired) electrons. The first-order valence-electron chi connectivity index (χ1n) is 11.3. The van der Waals surface area contributed by atoms with Crippen molar-refractivity contribution < 1.29 is 4.73 Å². The average molecular weight is 453 g/mol. The van der Waals surface area contributed by atoms with E-state index in [0.29, 0.717) is 23.9 Å². The zero-order chi connectivity index (χ0) is 23.3. The molecule has 1 N–H and O–H groups in total. The van der Waals surface area contributed by atoms with E-state index in [9.17, 15) is 5.21 Å². The lowest BCUT2D eigenvalue weighted by Crippen LogP contribution is -2.29. The second-order valence-electron chi connectivity index (χ2n) is 8.04. The van der Waals surface area contributed by atoms with E-state index in [-0.39, 0.29) is 0 Å². The average Bonchev–Trinajstić information content (AvgIpc) is 3.54. The number of H-pyrrole nitrogens is 1. The first kappa shape index (κ1) is 21.4. The van der Waals surface area contributed by atoms with Gasteiger partial charge in [0, 0.05) is 30.8 Å². The molecule has 0 unspecified atom stereocenters. The van der Waals surface area contributed by atoms with E-state index in [4.69, 9.17) is 4.98 Å². The maximum absolute atomic E-state index is 12.2. The Bertz CT molecular complexity index is 1380. The van der Waals surface area contributed by atoms with Crippen LogP contribution in [0.1, 0.15) is 31.2 Å². The maximum atomic E-state index is 12.2. The van der Waals surface area contributed by atoms with E-state index in [0.717, 1.165) is 52.1 Å². The number of hydrogen-bond donors (Lipinski definition) is 1. The number of rotatable bonds is 8. The molecule has 0 aliphatic heterocycles. The van der Waals surface area contributed by atoms with Gasteiger partial charge in [-0.15, -0.1) is 5.10 Å². The summed E-state index contributed by atoms with van der Waals surface area (Å²) in [6, 6.07) is 18.1. The fourth-order valence-corrected chi connectivity index (χ4v) is 3.97. The van der Waals surface area contributed by atoms with Crippen molar-refractivity contribution in [3.05, 3.63) is 89.8 Å². The van der Waals surface area contributed by atoms with Crippen molar-refractivity contribution in [2.24, 2.45) is 0 Å². The van der Waals surface area contributed by atoms with Gasteiger partial charge in [0.05, 0.1) is 6.20 Å². The molecular formula is C25H24N8O. The topological polar surface area (TPSA) is 112 Å². The van der Waals surface area contributed by atoms with Gasteiger partial charge in [-0.1, -0.05) is 61.9 Å². The Kier molecular flexibility index (Phi) is 6.07. The second-order valence-corrected chi connectivity index (χ2v) is 8.04. The Morgan fingerprint density at radius 3 is 2.59 bits per heavy atom. The second kappa shape index (κ2) is 9.62. The van der Waals surface area contributed by atoms with Gasteiger partial charge in [0.25, 0.3) is 0 Å². The Morgan fingerprint density at radius 1 is 1.03 bits per heavy atom. The van der Waals surface area contributed by atoms with Crippen LogP contribution >= 0.6 is 0 Å². The van der Waals surface area contributed by atoms with Gasteiger partial charge < -0.3 is 9.77 Å². The van der Waals surface area contributed by atoms with Crippen molar-refractivity contribution >= 4 is 0 Å². The molecule has 9 heteroatoms. The molecule has 34 heavy (non-hydrogen) atoms. The van der Waals surface area contributed by atoms with Gasteiger partial charge in [0.1, 0.15) is 12.0 Å². The normalized spacial score (nSPS) is 11.1. The SMILES string of the molecule is CCCCc1nc(-c2nccc[n+]2[O-])cn1Cc1ccc(-c2ccccc2-c2nnn[nH]2)cc1. The molecule has 0 bridgehead atoms. The van der Waals surface area contributed by atoms with E-state index < -0.39 is 0 Å². The lowest BCUT2D eigenvalue weighted by molar-refractivity contribution is -0.596. The highest BCUT2D eigenvalue weighted by Gasteiger charge is 2.17. The number of hydrogen-bond acceptors (Lipinski definition) is 6. The van der Waals surface area contributed by atoms with Crippen LogP contribution < -0.4 is 4.73 Å². The van der Waals surface area contributed by atoms with Gasteiger partial charge in [0.2, 0.25) is 0 Å². The lowest BCUT2D eigenvalue weighted by atomic mass is 9.98. The third-order valence-electron chi connectivity index (χ3n) is 5.70. The van der Waals surface area contributed by atoms with Crippen LogP contribution in [0, 0.1) is 5.21 Å². The monoisotopic (exact) mass is 452 g/mol. The number of aromatic nitrogens is 8. The first-order chi connectivity index (χ1) is 16.7. The molecule has 2 aromatic carbocycles. The summed E-state index contributed by atoms with van der Waals surface area (Å²) in [5.41, 5.74) is 4.81. The van der Waals surface area contributed by atoms with Crippen molar-refractivity contribution in [1.29, 1.82) is 0 Å². The van der Waals surface area contributed by atoms with Crippen LogP contribution in [-0.2, 0) is 13.0 Å². The van der Waals surface area contributed by atoms with Crippen LogP contribution in [0.3, 0.4) is 0 Å². The van der Waals surface area contributed by atoms with E-state index in [2.05, 4.69) is 67.4 Å². The summed E-state index contributed by atoms with van der Waals surface area (Å²) in [6.45, 7) is 2.82. The smallest absolute Gasteiger partial charge is 0.353 e. The van der Waals surface area contributed by atoms with Crippen LogP contribution in [0.2, 0.25) is 0 Å². The predicted molar refractivity (Wildman–Crippen MR) is 127 cm³/mol. The first-order valence-corrected chi connectivity index (χ1v) is 11.3. The van der Waals surface area contributed by atoms with Crippen molar-refractivity contribution in [3.8, 4) is 34.0 Å². The van der Waals surface area contributed by atoms with Gasteiger partial charge in [-0.25, -0.2) is 14.8 Å². The number of benzene rings is 2. The van der Waals surface area contributed by atoms with Crippen molar-refractivity contribution in [3.63, 3.8) is 0 Å². The largest absolute Gasteiger partial charge is 0.710 e. The molecule has 170 valence electrons. The van der Waals surface area contributed by atoms with Crippen molar-refractivity contribution in [2.45, 2.75) is 32.7 Å². The highest BCUT2D eigenvalue weighted by atomic mass is 16.5. The van der Waals surface area contributed by atoms with E-state index >= 15 is 0 Å². The zero-order valence-electron chi connectivity index (χ0n) is 18.8. The highest BCUT2D eigenvalue weighted by Crippen LogP contribution is 2.30. The highest BCUT2D eigenvalue weighted by molar-refractivity contribution is 5.80. The molecule has 0 aliphatic rings. The summed E-state index contributed by atoms with van der Waals surface area (Å²) in [6.07, 6.45) is 7.92. The van der Waals surface area contributed by atoms with E-state index in [1.807, 2.05) is 24.4 Å². The molecule has 0 saturated heterocycles. The van der Waals surface area contributed by atoms with Gasteiger partial charge in [0.15, 0.2) is 11.5 Å². The minimum absolute atomic E-state index is 0.313. The quantitative estimate of drug-likeness (QED) is 0.283. The molecule has 5 aromatic rings. The molecule has 5 rings (SSSR count). The van der Waals surface area contributed by atoms with Gasteiger partial charge in [-0.05, 0) is 38.5 Å². The fourth-order valence-electron chi connectivity index (χ4n) is 3.97. The van der Waals surface area contributed by atoms with Gasteiger partial charge in [-0.3, -0.25) is 0 Å². The minimum Gasteiger partial charge on any atom is -0.710 e. The molecule has 3 heterocycles. The number of imidazole rings is 1. The summed E-state index contributed by atoms with van der Waals surface area (Å²) in [5.74, 6) is 1.90. The molecular weight excluding hydrogens is 428 g/mol. The summed E-state index contributed by atoms with van der Waals surface area (Å²) in [5, 5.41) is 26.5. The lowest BCUT2D eigenvalue weighted by Gasteiger charge is -2.10. The number of tetrazole rings is 1. The van der Waals surface area contributed by atoms with Crippen LogP contribution in [-0.4, -0.2) is 35.2 Å². The standard InChI is InChI=1S/C25H24N8O/c1-2-3-9-23-27-22(25-26-14-6-15-33(25)34)17-32(23)16-18-10-12-19(13-11-18)20-7-4-5-8-21(20)24-28-30-31-29-24/h4-8,10-15,17H,2-3,9,16H2,1H3,(H,28,29,30,31). The Morgan fingerprint density at radius 2 is 1.85 bits per heavy atom. The number of nitrogens with one attached hydrogen (secondary N) is 1.